The van der Waals surface area contributed by atoms with E-state index in [4.69, 9.17) is 37.9 Å². The highest BCUT2D eigenvalue weighted by atomic mass is 16.8. The van der Waals surface area contributed by atoms with Crippen LogP contribution in [-0.2, 0) is 37.9 Å². The van der Waals surface area contributed by atoms with Gasteiger partial charge in [0.25, 0.3) is 0 Å². The molecule has 17 nitrogen and oxygen atoms in total. The molecule has 5 aliphatic heterocycles. The second-order valence-electron chi connectivity index (χ2n) is 21.1. The third kappa shape index (κ3) is 7.49. The molecule has 0 aromatic heterocycles. The Morgan fingerprint density at radius 2 is 1.34 bits per heavy atom. The predicted octanol–water partition coefficient (Wildman–Crippen LogP) is 0.214. The van der Waals surface area contributed by atoms with E-state index in [0.29, 0.717) is 48.3 Å². The van der Waals surface area contributed by atoms with E-state index >= 15 is 0 Å². The lowest BCUT2D eigenvalue weighted by atomic mass is 9.47. The molecule has 1 spiro atoms. The summed E-state index contributed by atoms with van der Waals surface area (Å²) in [6, 6.07) is 0. The van der Waals surface area contributed by atoms with Gasteiger partial charge in [0, 0.05) is 12.3 Å². The van der Waals surface area contributed by atoms with E-state index < -0.39 is 117 Å². The number of ether oxygens (including phenoxy) is 8. The lowest BCUT2D eigenvalue weighted by Gasteiger charge is -2.59. The Labute approximate surface area is 363 Å². The van der Waals surface area contributed by atoms with Gasteiger partial charge in [-0.3, -0.25) is 0 Å². The molecule has 5 saturated heterocycles. The van der Waals surface area contributed by atoms with Gasteiger partial charge < -0.3 is 83.9 Å². The van der Waals surface area contributed by atoms with Crippen LogP contribution < -0.4 is 0 Å². The monoisotopic (exact) mass is 884 g/mol. The van der Waals surface area contributed by atoms with Gasteiger partial charge in [0.05, 0.1) is 38.1 Å². The van der Waals surface area contributed by atoms with E-state index in [1.54, 1.807) is 0 Å². The van der Waals surface area contributed by atoms with Crippen LogP contribution in [0.4, 0.5) is 0 Å². The van der Waals surface area contributed by atoms with Gasteiger partial charge in [0.1, 0.15) is 67.1 Å². The maximum absolute atomic E-state index is 11.6. The molecule has 0 bridgehead atoms. The highest BCUT2D eigenvalue weighted by molar-refractivity contribution is 5.26. The van der Waals surface area contributed by atoms with Crippen LogP contribution >= 0.6 is 0 Å². The van der Waals surface area contributed by atoms with Crippen molar-refractivity contribution in [3.8, 4) is 0 Å². The molecule has 9 N–H and O–H groups in total. The van der Waals surface area contributed by atoms with E-state index in [9.17, 15) is 46.0 Å². The third-order valence-corrected chi connectivity index (χ3v) is 17.7. The second kappa shape index (κ2) is 17.3. The summed E-state index contributed by atoms with van der Waals surface area (Å²) < 4.78 is 50.3. The van der Waals surface area contributed by atoms with Crippen LogP contribution in [0.15, 0.2) is 11.6 Å². The van der Waals surface area contributed by atoms with E-state index in [0.717, 1.165) is 51.6 Å². The van der Waals surface area contributed by atoms with Gasteiger partial charge in [0.2, 0.25) is 0 Å². The van der Waals surface area contributed by atoms with Gasteiger partial charge in [-0.05, 0) is 98.7 Å². The Morgan fingerprint density at radius 1 is 0.677 bits per heavy atom. The minimum atomic E-state index is -1.84. The number of fused-ring (bicyclic) bond motifs is 7. The molecule has 0 amide bonds. The summed E-state index contributed by atoms with van der Waals surface area (Å²) >= 11 is 0. The number of hydrogen-bond acceptors (Lipinski definition) is 17. The van der Waals surface area contributed by atoms with Crippen LogP contribution in [0.1, 0.15) is 92.4 Å². The van der Waals surface area contributed by atoms with Crippen molar-refractivity contribution in [1.82, 2.24) is 0 Å². The quantitative estimate of drug-likeness (QED) is 0.148. The largest absolute Gasteiger partial charge is 0.394 e. The van der Waals surface area contributed by atoms with Crippen LogP contribution in [-0.4, -0.2) is 176 Å². The van der Waals surface area contributed by atoms with Gasteiger partial charge in [-0.2, -0.15) is 0 Å². The van der Waals surface area contributed by atoms with Gasteiger partial charge in [-0.15, -0.1) is 0 Å². The smallest absolute Gasteiger partial charge is 0.187 e. The molecule has 0 aromatic carbocycles. The molecule has 9 rings (SSSR count). The van der Waals surface area contributed by atoms with Crippen LogP contribution in [0.3, 0.4) is 0 Å². The van der Waals surface area contributed by atoms with Crippen LogP contribution in [0.5, 0.6) is 0 Å². The highest BCUT2D eigenvalue weighted by Crippen LogP contribution is 2.70. The van der Waals surface area contributed by atoms with Crippen LogP contribution in [0, 0.1) is 46.3 Å². The van der Waals surface area contributed by atoms with Crippen molar-refractivity contribution in [3.05, 3.63) is 11.6 Å². The maximum Gasteiger partial charge on any atom is 0.187 e. The summed E-state index contributed by atoms with van der Waals surface area (Å²) in [5.41, 5.74) is 1.45. The topological polar surface area (TPSA) is 256 Å². The lowest BCUT2D eigenvalue weighted by Crippen LogP contribution is -2.67. The summed E-state index contributed by atoms with van der Waals surface area (Å²) in [5, 5.41) is 95.8. The molecule has 0 radical (unpaired) electrons. The first-order valence-electron chi connectivity index (χ1n) is 23.4. The Bertz CT molecular complexity index is 1610. The van der Waals surface area contributed by atoms with Gasteiger partial charge in [0.15, 0.2) is 24.7 Å². The third-order valence-electron chi connectivity index (χ3n) is 17.7. The minimum absolute atomic E-state index is 0.0484. The Hall–Kier alpha value is -0.940. The fourth-order valence-electron chi connectivity index (χ4n) is 14.0. The fraction of sp³-hybridized carbons (Fsp3) is 0.956. The lowest BCUT2D eigenvalue weighted by molar-refractivity contribution is -0.394. The Kier molecular flexibility index (Phi) is 12.9. The van der Waals surface area contributed by atoms with Crippen molar-refractivity contribution in [2.75, 3.05) is 19.8 Å². The molecule has 17 heteroatoms. The Balaban J connectivity index is 0.940. The van der Waals surface area contributed by atoms with Crippen LogP contribution in [0.25, 0.3) is 0 Å². The zero-order valence-electron chi connectivity index (χ0n) is 36.6. The van der Waals surface area contributed by atoms with Crippen LogP contribution in [0.2, 0.25) is 0 Å². The van der Waals surface area contributed by atoms with Crippen molar-refractivity contribution in [1.29, 1.82) is 0 Å². The summed E-state index contributed by atoms with van der Waals surface area (Å²) in [6.45, 7) is 10.4. The van der Waals surface area contributed by atoms with E-state index in [2.05, 4.69) is 33.8 Å². The average molecular weight is 885 g/mol. The number of aliphatic hydroxyl groups is 9. The first-order chi connectivity index (χ1) is 29.4. The predicted molar refractivity (Wildman–Crippen MR) is 214 cm³/mol. The highest BCUT2D eigenvalue weighted by Gasteiger charge is 2.69. The first kappa shape index (κ1) is 46.2. The van der Waals surface area contributed by atoms with Crippen molar-refractivity contribution >= 4 is 0 Å². The van der Waals surface area contributed by atoms with E-state index in [1.165, 1.54) is 12.5 Å². The van der Waals surface area contributed by atoms with Gasteiger partial charge >= 0.3 is 0 Å². The number of allylic oxidation sites excluding steroid dienone is 1. The average Bonchev–Trinajstić information content (AvgIpc) is 3.70. The zero-order valence-corrected chi connectivity index (χ0v) is 36.6. The fourth-order valence-corrected chi connectivity index (χ4v) is 14.0. The molecule has 1 unspecified atom stereocenters. The Morgan fingerprint density at radius 3 is 2.03 bits per heavy atom. The second-order valence-corrected chi connectivity index (χ2v) is 21.1. The first-order valence-corrected chi connectivity index (χ1v) is 23.4. The summed E-state index contributed by atoms with van der Waals surface area (Å²) in [5.74, 6) is 2.52. The molecule has 4 aliphatic carbocycles. The summed E-state index contributed by atoms with van der Waals surface area (Å²) in [7, 11) is 0. The molecular formula is C45H72O17. The van der Waals surface area contributed by atoms with Crippen molar-refractivity contribution in [2.24, 2.45) is 46.3 Å². The van der Waals surface area contributed by atoms with Gasteiger partial charge in [-0.1, -0.05) is 39.3 Å². The molecule has 26 atom stereocenters. The maximum atomic E-state index is 11.6. The molecule has 5 heterocycles. The SMILES string of the molecule is C[C@@H]1CC[C@@]2(OC1)O[C@H]1C[C@H]3[C@@H]4CC=C5C[C@@H](O[C@@H]6O[C@H](CO)[C@@H](O)[C@H](O[C@@H]7O[C@H](CO)[C@@H](O)[C@H](O)[C@H]7O)[C@H]6O[C@@H]6O[C@@H](C)[C@H](O)[C@@H](O)[C@H]6O)CC[C@]5(C)[C@H]4CC[C@]3(C)C1[C@@H]2C. The number of aliphatic hydroxyl groups excluding tert-OH is 9. The normalized spacial score (nSPS) is 57.6. The van der Waals surface area contributed by atoms with E-state index in [1.807, 2.05) is 0 Å². The van der Waals surface area contributed by atoms with Crippen molar-refractivity contribution < 1.29 is 83.9 Å². The number of hydrogen-bond donors (Lipinski definition) is 9. The van der Waals surface area contributed by atoms with Crippen molar-refractivity contribution in [3.63, 3.8) is 0 Å². The van der Waals surface area contributed by atoms with E-state index in [-0.39, 0.29) is 16.9 Å². The summed E-state index contributed by atoms with van der Waals surface area (Å²) in [4.78, 5) is 0. The van der Waals surface area contributed by atoms with Crippen molar-refractivity contribution in [2.45, 2.75) is 203 Å². The molecule has 354 valence electrons. The molecule has 0 aromatic rings. The molecule has 8 fully saturated rings. The molecule has 62 heavy (non-hydrogen) atoms. The molecule has 9 aliphatic rings. The molecular weight excluding hydrogens is 812 g/mol. The minimum Gasteiger partial charge on any atom is -0.394 e. The summed E-state index contributed by atoms with van der Waals surface area (Å²) in [6.07, 6.45) is -12.4. The molecule has 3 saturated carbocycles. The standard InChI is InChI=1S/C45H72O17/c1-19-8-13-45(55-18-19)20(2)30-27(62-45)15-26-24-7-6-22-14-23(9-11-43(22,4)25(24)10-12-44(26,30)5)57-42-39(61-40-36(53)34(51)31(48)21(3)56-40)38(33(50)29(17-47)59-42)60-41-37(54)35(52)32(49)28(16-46)58-41/h6,19-21,23-42,46-54H,7-18H2,1-5H3/t19-,20+,21+,23+,24-,25+,26+,27+,28-,29-,30?,31+,32-,33-,34-,35+,36-,37-,38+,39-,40+,41+,42-,43+,44+,45-/m1/s1. The zero-order chi connectivity index (χ0) is 44.2. The number of rotatable bonds is 8. The van der Waals surface area contributed by atoms with Gasteiger partial charge in [-0.25, -0.2) is 0 Å².